The van der Waals surface area contributed by atoms with E-state index < -0.39 is 11.4 Å². The van der Waals surface area contributed by atoms with Gasteiger partial charge < -0.3 is 14.1 Å². The van der Waals surface area contributed by atoms with Crippen LogP contribution in [0.3, 0.4) is 0 Å². The highest BCUT2D eigenvalue weighted by Gasteiger charge is 2.19. The molecule has 0 aromatic carbocycles. The number of ether oxygens (including phenoxy) is 1. The number of aromatic amines is 1. The molecule has 7 heteroatoms. The number of hydrogen-bond acceptors (Lipinski definition) is 6. The van der Waals surface area contributed by atoms with Crippen LogP contribution in [0.25, 0.3) is 12.2 Å². The molecule has 0 unspecified atom stereocenters. The van der Waals surface area contributed by atoms with Crippen molar-refractivity contribution in [3.8, 4) is 0 Å². The third kappa shape index (κ3) is 3.87. The van der Waals surface area contributed by atoms with E-state index in [4.69, 9.17) is 4.42 Å². The lowest BCUT2D eigenvalue weighted by Gasteiger charge is -2.12. The second-order valence-corrected chi connectivity index (χ2v) is 6.97. The molecular weight excluding hydrogens is 318 g/mol. The normalized spacial score (nSPS) is 13.4. The van der Waals surface area contributed by atoms with E-state index in [1.807, 2.05) is 0 Å². The highest BCUT2D eigenvalue weighted by atomic mass is 32.1. The van der Waals surface area contributed by atoms with Crippen molar-refractivity contribution >= 4 is 35.2 Å². The maximum Gasteiger partial charge on any atom is 0.374 e. The number of H-pyrrole nitrogens is 1. The van der Waals surface area contributed by atoms with Crippen molar-refractivity contribution in [2.24, 2.45) is 5.41 Å². The zero-order chi connectivity index (χ0) is 17.2. The Bertz CT molecular complexity index is 907. The third-order valence-corrected chi connectivity index (χ3v) is 4.00. The summed E-state index contributed by atoms with van der Waals surface area (Å²) in [5.41, 5.74) is -0.411. The van der Waals surface area contributed by atoms with Crippen LogP contribution < -0.4 is 14.8 Å². The van der Waals surface area contributed by atoms with Gasteiger partial charge in [-0.3, -0.25) is 9.59 Å². The van der Waals surface area contributed by atoms with Crippen LogP contribution in [0, 0.1) is 5.41 Å². The first kappa shape index (κ1) is 17.0. The summed E-state index contributed by atoms with van der Waals surface area (Å²) in [4.78, 5) is 38.2. The molecule has 2 aromatic rings. The number of methoxy groups -OCH3 is 1. The summed E-state index contributed by atoms with van der Waals surface area (Å²) in [5, 5.41) is 0. The Morgan fingerprint density at radius 3 is 2.65 bits per heavy atom. The van der Waals surface area contributed by atoms with Crippen LogP contribution in [0.5, 0.6) is 0 Å². The quantitative estimate of drug-likeness (QED) is 0.847. The van der Waals surface area contributed by atoms with Gasteiger partial charge in [-0.15, -0.1) is 11.3 Å². The molecule has 0 saturated carbocycles. The van der Waals surface area contributed by atoms with Gasteiger partial charge in [-0.2, -0.15) is 0 Å². The summed E-state index contributed by atoms with van der Waals surface area (Å²) in [7, 11) is 1.25. The van der Waals surface area contributed by atoms with Gasteiger partial charge in [0.2, 0.25) is 5.76 Å². The number of carbonyl (C=O) groups excluding carboxylic acids is 2. The molecule has 23 heavy (non-hydrogen) atoms. The van der Waals surface area contributed by atoms with Gasteiger partial charge in [0.15, 0.2) is 5.78 Å². The first-order chi connectivity index (χ1) is 10.7. The fourth-order valence-electron chi connectivity index (χ4n) is 1.69. The summed E-state index contributed by atoms with van der Waals surface area (Å²) in [6, 6.07) is 1.56. The Balaban J connectivity index is 2.49. The van der Waals surface area contributed by atoms with Crippen molar-refractivity contribution in [1.29, 1.82) is 0 Å². The van der Waals surface area contributed by atoms with E-state index >= 15 is 0 Å². The number of Topliss-reactive ketones (excluding diaryl/α,β-unsaturated/α-hetero) is 1. The lowest BCUT2D eigenvalue weighted by atomic mass is 9.91. The van der Waals surface area contributed by atoms with Crippen LogP contribution in [0.15, 0.2) is 21.5 Å². The summed E-state index contributed by atoms with van der Waals surface area (Å²) in [6.45, 7) is 5.41. The largest absolute Gasteiger partial charge is 0.463 e. The van der Waals surface area contributed by atoms with Crippen molar-refractivity contribution in [2.75, 3.05) is 7.11 Å². The predicted octanol–water partition coefficient (Wildman–Crippen LogP) is 1.04. The standard InChI is InChI=1S/C16H17NO5S/c1-16(2,3)11(18)8-12-17-14(19)10(23-12)7-9-5-6-22-13(9)15(20)21-4/h5-8H,1-4H3,(H,17,19). The van der Waals surface area contributed by atoms with Gasteiger partial charge in [0.25, 0.3) is 5.56 Å². The Morgan fingerprint density at radius 2 is 2.04 bits per heavy atom. The lowest BCUT2D eigenvalue weighted by Crippen LogP contribution is -2.22. The molecule has 2 rings (SSSR count). The fourth-order valence-corrected chi connectivity index (χ4v) is 2.57. The maximum absolute atomic E-state index is 12.0. The topological polar surface area (TPSA) is 89.4 Å². The number of thiazole rings is 1. The van der Waals surface area contributed by atoms with Crippen molar-refractivity contribution in [3.63, 3.8) is 0 Å². The van der Waals surface area contributed by atoms with Crippen molar-refractivity contribution in [3.05, 3.63) is 43.2 Å². The Kier molecular flexibility index (Phi) is 4.70. The molecule has 122 valence electrons. The molecule has 0 amide bonds. The molecule has 0 aliphatic heterocycles. The van der Waals surface area contributed by atoms with Gasteiger partial charge in [0, 0.05) is 17.1 Å². The van der Waals surface area contributed by atoms with Crippen LogP contribution in [-0.2, 0) is 9.53 Å². The molecule has 2 aromatic heterocycles. The molecule has 0 bridgehead atoms. The van der Waals surface area contributed by atoms with E-state index in [1.54, 1.807) is 26.8 Å². The van der Waals surface area contributed by atoms with Gasteiger partial charge in [-0.05, 0) is 12.1 Å². The molecule has 0 atom stereocenters. The van der Waals surface area contributed by atoms with Crippen LogP contribution >= 0.6 is 11.3 Å². The molecule has 6 nitrogen and oxygen atoms in total. The van der Waals surface area contributed by atoms with Crippen molar-refractivity contribution < 1.29 is 18.7 Å². The highest BCUT2D eigenvalue weighted by molar-refractivity contribution is 7.07. The second kappa shape index (κ2) is 6.37. The number of ketones is 1. The fraction of sp³-hybridized carbons (Fsp3) is 0.312. The molecule has 1 N–H and O–H groups in total. The molecule has 0 spiro atoms. The minimum absolute atomic E-state index is 0.0246. The van der Waals surface area contributed by atoms with E-state index in [9.17, 15) is 14.4 Å². The van der Waals surface area contributed by atoms with E-state index in [1.165, 1.54) is 25.5 Å². The first-order valence-electron chi connectivity index (χ1n) is 6.85. The average molecular weight is 335 g/mol. The number of furan rings is 1. The summed E-state index contributed by atoms with van der Waals surface area (Å²) < 4.78 is 10.5. The number of aromatic nitrogens is 1. The molecule has 2 heterocycles. The third-order valence-electron chi connectivity index (χ3n) is 3.03. The Hall–Kier alpha value is -2.41. The minimum atomic E-state index is -0.621. The zero-order valence-electron chi connectivity index (χ0n) is 13.3. The smallest absolute Gasteiger partial charge is 0.374 e. The number of esters is 1. The Morgan fingerprint density at radius 1 is 1.35 bits per heavy atom. The predicted molar refractivity (Wildman–Crippen MR) is 86.7 cm³/mol. The lowest BCUT2D eigenvalue weighted by molar-refractivity contribution is -0.119. The van der Waals surface area contributed by atoms with Crippen molar-refractivity contribution in [1.82, 2.24) is 4.98 Å². The van der Waals surface area contributed by atoms with Gasteiger partial charge in [-0.1, -0.05) is 20.8 Å². The van der Waals surface area contributed by atoms with E-state index in [0.29, 0.717) is 14.8 Å². The number of hydrogen-bond donors (Lipinski definition) is 1. The van der Waals surface area contributed by atoms with E-state index in [-0.39, 0.29) is 17.1 Å². The van der Waals surface area contributed by atoms with Gasteiger partial charge >= 0.3 is 5.97 Å². The molecule has 0 radical (unpaired) electrons. The molecule has 0 aliphatic rings. The SMILES string of the molecule is COC(=O)c1occc1C=c1sc(=CC(=O)C(C)(C)C)[nH]c1=O. The van der Waals surface area contributed by atoms with Gasteiger partial charge in [0.05, 0.1) is 22.6 Å². The van der Waals surface area contributed by atoms with Crippen LogP contribution in [-0.4, -0.2) is 23.8 Å². The monoisotopic (exact) mass is 335 g/mol. The van der Waals surface area contributed by atoms with Crippen molar-refractivity contribution in [2.45, 2.75) is 20.8 Å². The van der Waals surface area contributed by atoms with E-state index in [0.717, 1.165) is 11.3 Å². The highest BCUT2D eigenvalue weighted by Crippen LogP contribution is 2.15. The van der Waals surface area contributed by atoms with Crippen LogP contribution in [0.4, 0.5) is 0 Å². The second-order valence-electron chi connectivity index (χ2n) is 5.88. The summed E-state index contributed by atoms with van der Waals surface area (Å²) in [5.74, 6) is -0.680. The molecular formula is C16H17NO5S. The zero-order valence-corrected chi connectivity index (χ0v) is 14.1. The number of rotatable bonds is 3. The maximum atomic E-state index is 12.0. The number of nitrogens with one attached hydrogen (secondary N) is 1. The van der Waals surface area contributed by atoms with E-state index in [2.05, 4.69) is 9.72 Å². The van der Waals surface area contributed by atoms with Gasteiger partial charge in [-0.25, -0.2) is 4.79 Å². The Labute approximate surface area is 136 Å². The van der Waals surface area contributed by atoms with Gasteiger partial charge in [0.1, 0.15) is 0 Å². The summed E-state index contributed by atoms with van der Waals surface area (Å²) >= 11 is 1.14. The molecule has 0 saturated heterocycles. The first-order valence-corrected chi connectivity index (χ1v) is 7.67. The average Bonchev–Trinajstić information content (AvgIpc) is 3.05. The minimum Gasteiger partial charge on any atom is -0.463 e. The molecule has 0 aliphatic carbocycles. The molecule has 0 fully saturated rings. The summed E-state index contributed by atoms with van der Waals surface area (Å²) in [6.07, 6.45) is 4.29. The van der Waals surface area contributed by atoms with Crippen LogP contribution in [0.1, 0.15) is 36.9 Å². The van der Waals surface area contributed by atoms with Crippen LogP contribution in [0.2, 0.25) is 0 Å². The number of carbonyl (C=O) groups is 2.